The first kappa shape index (κ1) is 27.0. The highest BCUT2D eigenvalue weighted by atomic mass is 32.2. The van der Waals surface area contributed by atoms with Crippen LogP contribution >= 0.6 is 23.5 Å². The number of ether oxygens (including phenoxy) is 1. The van der Waals surface area contributed by atoms with Crippen molar-refractivity contribution in [3.05, 3.63) is 21.4 Å². The number of fused-ring (bicyclic) bond motifs is 1. The molecule has 1 aromatic carbocycles. The molecule has 2 aliphatic carbocycles. The summed E-state index contributed by atoms with van der Waals surface area (Å²) >= 11 is 2.42. The Balaban J connectivity index is 1.49. The summed E-state index contributed by atoms with van der Waals surface area (Å²) in [6.07, 6.45) is 10.6. The molecule has 0 aromatic heterocycles. The molecule has 36 heavy (non-hydrogen) atoms. The zero-order valence-corrected chi connectivity index (χ0v) is 23.4. The molecule has 192 valence electrons. The normalized spacial score (nSPS) is 26.0. The predicted octanol–water partition coefficient (Wildman–Crippen LogP) is 8.07. The van der Waals surface area contributed by atoms with Gasteiger partial charge in [0.05, 0.1) is 19.9 Å². The van der Waals surface area contributed by atoms with Crippen molar-refractivity contribution in [3.63, 3.8) is 0 Å². The molecule has 1 aliphatic heterocycles. The minimum absolute atomic E-state index is 0.00137. The fraction of sp³-hybridized carbons (Fsp3) is 0.621. The van der Waals surface area contributed by atoms with Gasteiger partial charge in [-0.05, 0) is 67.8 Å². The monoisotopic (exact) mass is 524 g/mol. The number of nitriles is 2. The molecule has 0 amide bonds. The second-order valence-corrected chi connectivity index (χ2v) is 13.8. The van der Waals surface area contributed by atoms with Gasteiger partial charge in [-0.15, -0.1) is 0 Å². The quantitative estimate of drug-likeness (QED) is 0.242. The number of nitrogens with zero attached hydrogens (tertiary/aromatic N) is 2. The Morgan fingerprint density at radius 1 is 1.00 bits per heavy atom. The van der Waals surface area contributed by atoms with Gasteiger partial charge >= 0.3 is 5.97 Å². The van der Waals surface area contributed by atoms with Crippen LogP contribution < -0.4 is 4.74 Å². The summed E-state index contributed by atoms with van der Waals surface area (Å²) in [6, 6.07) is 5.62. The Morgan fingerprint density at radius 3 is 2.08 bits per heavy atom. The number of hydrogen-bond donors (Lipinski definition) is 1. The Bertz CT molecular complexity index is 1110. The largest absolute Gasteiger partial charge is 0.506 e. The predicted molar refractivity (Wildman–Crippen MR) is 144 cm³/mol. The van der Waals surface area contributed by atoms with Gasteiger partial charge in [-0.1, -0.05) is 70.5 Å². The maximum absolute atomic E-state index is 13.3. The molecule has 0 unspecified atom stereocenters. The van der Waals surface area contributed by atoms with E-state index < -0.39 is 0 Å². The fourth-order valence-corrected chi connectivity index (χ4v) is 8.42. The summed E-state index contributed by atoms with van der Waals surface area (Å²) in [5.74, 6) is 2.67. The number of carbonyl (C=O) groups excluding carboxylic acids is 1. The summed E-state index contributed by atoms with van der Waals surface area (Å²) < 4.78 is 6.53. The molecule has 0 atom stereocenters. The van der Waals surface area contributed by atoms with Gasteiger partial charge in [-0.2, -0.15) is 10.5 Å². The summed E-state index contributed by atoms with van der Waals surface area (Å²) in [5, 5.41) is 29.7. The molecule has 0 spiro atoms. The average molecular weight is 525 g/mol. The van der Waals surface area contributed by atoms with Crippen LogP contribution in [0.3, 0.4) is 0 Å². The fourth-order valence-electron chi connectivity index (χ4n) is 5.96. The van der Waals surface area contributed by atoms with Gasteiger partial charge in [0.1, 0.15) is 29.2 Å². The van der Waals surface area contributed by atoms with Crippen molar-refractivity contribution >= 4 is 29.5 Å². The van der Waals surface area contributed by atoms with Crippen LogP contribution in [0, 0.1) is 46.3 Å². The van der Waals surface area contributed by atoms with Gasteiger partial charge in [0.2, 0.25) is 0 Å². The topological polar surface area (TPSA) is 94.1 Å². The maximum atomic E-state index is 13.3. The van der Waals surface area contributed by atoms with E-state index in [4.69, 9.17) is 4.74 Å². The molecule has 4 rings (SSSR count). The number of aromatic hydroxyl groups is 1. The number of hydrogen-bond acceptors (Lipinski definition) is 7. The van der Waals surface area contributed by atoms with Gasteiger partial charge in [0.25, 0.3) is 0 Å². The van der Waals surface area contributed by atoms with Crippen LogP contribution in [0.15, 0.2) is 25.7 Å². The Labute approximate surface area is 223 Å². The third-order valence-electron chi connectivity index (χ3n) is 8.25. The Kier molecular flexibility index (Phi) is 8.32. The van der Waals surface area contributed by atoms with Crippen LogP contribution in [0.2, 0.25) is 0 Å². The van der Waals surface area contributed by atoms with Crippen molar-refractivity contribution in [1.82, 2.24) is 0 Å². The highest BCUT2D eigenvalue weighted by molar-refractivity contribution is 8.24. The molecule has 1 N–H and O–H groups in total. The lowest BCUT2D eigenvalue weighted by atomic mass is 9.69. The number of carbonyl (C=O) groups is 1. The smallest absolute Gasteiger partial charge is 0.314 e. The SMILES string of the molecule is CCC1CCC(C2CCC(C(=O)Oc3cc(C(C)(C)C)c(O)c4c3SC(=C(C#N)C#N)S4)CC2)CC1. The van der Waals surface area contributed by atoms with E-state index in [1.54, 1.807) is 6.07 Å². The average Bonchev–Trinajstić information content (AvgIpc) is 3.32. The Morgan fingerprint density at radius 2 is 1.56 bits per heavy atom. The summed E-state index contributed by atoms with van der Waals surface area (Å²) in [6.45, 7) is 8.29. The van der Waals surface area contributed by atoms with Crippen molar-refractivity contribution < 1.29 is 14.6 Å². The van der Waals surface area contributed by atoms with Gasteiger partial charge in [0, 0.05) is 5.56 Å². The van der Waals surface area contributed by atoms with E-state index in [0.29, 0.717) is 25.3 Å². The van der Waals surface area contributed by atoms with E-state index in [1.165, 1.54) is 55.6 Å². The van der Waals surface area contributed by atoms with Crippen LogP contribution in [0.5, 0.6) is 11.5 Å². The number of thioether (sulfide) groups is 2. The van der Waals surface area contributed by atoms with E-state index in [-0.39, 0.29) is 28.6 Å². The van der Waals surface area contributed by atoms with Crippen LogP contribution in [0.1, 0.15) is 91.0 Å². The number of rotatable bonds is 4. The third-order valence-corrected chi connectivity index (χ3v) is 10.9. The molecule has 3 aliphatic rings. The van der Waals surface area contributed by atoms with Gasteiger partial charge in [-0.25, -0.2) is 0 Å². The number of esters is 1. The van der Waals surface area contributed by atoms with E-state index in [9.17, 15) is 20.4 Å². The minimum Gasteiger partial charge on any atom is -0.506 e. The van der Waals surface area contributed by atoms with Crippen LogP contribution in [0.4, 0.5) is 0 Å². The number of benzene rings is 1. The highest BCUT2D eigenvalue weighted by Gasteiger charge is 2.36. The first-order chi connectivity index (χ1) is 17.2. The Hall–Kier alpha value is -2.09. The maximum Gasteiger partial charge on any atom is 0.314 e. The lowest BCUT2D eigenvalue weighted by Gasteiger charge is -2.37. The molecule has 7 heteroatoms. The van der Waals surface area contributed by atoms with E-state index in [1.807, 2.05) is 32.9 Å². The van der Waals surface area contributed by atoms with Crippen molar-refractivity contribution in [1.29, 1.82) is 10.5 Å². The lowest BCUT2D eigenvalue weighted by molar-refractivity contribution is -0.140. The first-order valence-corrected chi connectivity index (χ1v) is 14.8. The second-order valence-electron chi connectivity index (χ2n) is 11.5. The van der Waals surface area contributed by atoms with Crippen LogP contribution in [-0.2, 0) is 10.2 Å². The van der Waals surface area contributed by atoms with Crippen LogP contribution in [-0.4, -0.2) is 11.1 Å². The zero-order chi connectivity index (χ0) is 26.0. The zero-order valence-electron chi connectivity index (χ0n) is 21.7. The van der Waals surface area contributed by atoms with Gasteiger partial charge < -0.3 is 9.84 Å². The molecule has 0 radical (unpaired) electrons. The minimum atomic E-state index is -0.375. The third kappa shape index (κ3) is 5.58. The molecule has 0 saturated heterocycles. The number of phenolic OH excluding ortho intramolecular Hbond substituents is 1. The van der Waals surface area contributed by atoms with Crippen molar-refractivity contribution in [2.45, 2.75) is 101 Å². The van der Waals surface area contributed by atoms with Crippen molar-refractivity contribution in [2.75, 3.05) is 0 Å². The molecular formula is C29H36N2O3S2. The standard InChI is InChI=1S/C29H36N2O3S2/c1-5-17-6-8-18(9-7-17)19-10-12-20(13-11-19)27(33)34-23-14-22(29(2,3)4)24(32)26-25(23)35-28(36-26)21(15-30)16-31/h14,17-20,32H,5-13H2,1-4H3. The lowest BCUT2D eigenvalue weighted by Crippen LogP contribution is -2.30. The summed E-state index contributed by atoms with van der Waals surface area (Å²) in [5.41, 5.74) is 0.307. The molecule has 1 aromatic rings. The van der Waals surface area contributed by atoms with E-state index in [2.05, 4.69) is 6.92 Å². The first-order valence-electron chi connectivity index (χ1n) is 13.2. The highest BCUT2D eigenvalue weighted by Crippen LogP contribution is 2.60. The summed E-state index contributed by atoms with van der Waals surface area (Å²) in [7, 11) is 0. The second kappa shape index (κ2) is 11.1. The van der Waals surface area contributed by atoms with E-state index in [0.717, 1.165) is 43.4 Å². The molecule has 0 bridgehead atoms. The van der Waals surface area contributed by atoms with Crippen molar-refractivity contribution in [2.24, 2.45) is 23.7 Å². The molecule has 2 fully saturated rings. The van der Waals surface area contributed by atoms with Crippen LogP contribution in [0.25, 0.3) is 0 Å². The van der Waals surface area contributed by atoms with Gasteiger partial charge in [-0.3, -0.25) is 4.79 Å². The number of allylic oxidation sites excluding steroid dienone is 1. The molecule has 2 saturated carbocycles. The molecule has 1 heterocycles. The van der Waals surface area contributed by atoms with Crippen molar-refractivity contribution in [3.8, 4) is 23.6 Å². The van der Waals surface area contributed by atoms with Gasteiger partial charge in [0.15, 0.2) is 0 Å². The summed E-state index contributed by atoms with van der Waals surface area (Å²) in [4.78, 5) is 14.5. The number of phenols is 1. The molecule has 5 nitrogen and oxygen atoms in total. The molecular weight excluding hydrogens is 488 g/mol. The van der Waals surface area contributed by atoms with E-state index >= 15 is 0 Å².